The molecule has 1 amide bonds. The fraction of sp³-hybridized carbons (Fsp3) is 0.292. The van der Waals surface area contributed by atoms with Gasteiger partial charge < -0.3 is 14.5 Å². The molecule has 10 heteroatoms. The van der Waals surface area contributed by atoms with Gasteiger partial charge in [-0.25, -0.2) is 9.31 Å². The van der Waals surface area contributed by atoms with E-state index >= 15 is 0 Å². The molecule has 1 aliphatic rings. The molecule has 0 unspecified atom stereocenters. The molecule has 4 aromatic rings. The van der Waals surface area contributed by atoms with Gasteiger partial charge in [0.25, 0.3) is 0 Å². The van der Waals surface area contributed by atoms with Crippen LogP contribution in [-0.4, -0.2) is 56.6 Å². The van der Waals surface area contributed by atoms with Crippen molar-refractivity contribution in [2.24, 2.45) is 7.05 Å². The van der Waals surface area contributed by atoms with Crippen LogP contribution in [0.4, 0.5) is 10.5 Å². The van der Waals surface area contributed by atoms with Gasteiger partial charge in [0.2, 0.25) is 0 Å². The number of fused-ring (bicyclic) bond motifs is 1. The van der Waals surface area contributed by atoms with Crippen molar-refractivity contribution in [3.8, 4) is 11.1 Å². The van der Waals surface area contributed by atoms with Gasteiger partial charge in [-0.2, -0.15) is 10.2 Å². The number of hydrogen-bond donors (Lipinski definition) is 0. The smallest absolute Gasteiger partial charge is 0.410 e. The second-order valence-electron chi connectivity index (χ2n) is 8.35. The lowest BCUT2D eigenvalue weighted by Crippen LogP contribution is -2.49. The summed E-state index contributed by atoms with van der Waals surface area (Å²) in [7, 11) is 1.90. The Hall–Kier alpha value is -3.23. The quantitative estimate of drug-likeness (QED) is 0.393. The Balaban J connectivity index is 1.22. The summed E-state index contributed by atoms with van der Waals surface area (Å²) in [6.07, 6.45) is 6.95. The highest BCUT2D eigenvalue weighted by molar-refractivity contribution is 6.42. The molecule has 1 aliphatic heterocycles. The second-order valence-corrected chi connectivity index (χ2v) is 9.17. The Labute approximate surface area is 207 Å². The zero-order valence-electron chi connectivity index (χ0n) is 18.9. The number of halogens is 2. The van der Waals surface area contributed by atoms with Gasteiger partial charge in [-0.1, -0.05) is 35.3 Å². The number of carbonyl (C=O) groups excluding carboxylic acids is 1. The Kier molecular flexibility index (Phi) is 6.10. The van der Waals surface area contributed by atoms with Crippen LogP contribution in [0.25, 0.3) is 16.6 Å². The fourth-order valence-electron chi connectivity index (χ4n) is 4.14. The lowest BCUT2D eigenvalue weighted by atomic mass is 10.1. The Bertz CT molecular complexity index is 1340. The number of benzene rings is 1. The molecule has 0 spiro atoms. The zero-order valence-corrected chi connectivity index (χ0v) is 20.4. The van der Waals surface area contributed by atoms with Crippen LogP contribution in [-0.2, 0) is 11.8 Å². The van der Waals surface area contributed by atoms with Crippen LogP contribution in [0.3, 0.4) is 0 Å². The molecule has 1 fully saturated rings. The van der Waals surface area contributed by atoms with E-state index in [4.69, 9.17) is 27.9 Å². The van der Waals surface area contributed by atoms with E-state index in [0.29, 0.717) is 36.2 Å². The molecule has 0 aliphatic carbocycles. The summed E-state index contributed by atoms with van der Waals surface area (Å²) in [5.74, 6) is 0. The second kappa shape index (κ2) is 9.19. The summed E-state index contributed by atoms with van der Waals surface area (Å²) in [6.45, 7) is 4.35. The molecule has 1 aromatic carbocycles. The highest BCUT2D eigenvalue weighted by Gasteiger charge is 2.25. The van der Waals surface area contributed by atoms with Crippen LogP contribution in [0, 0.1) is 0 Å². The van der Waals surface area contributed by atoms with E-state index in [9.17, 15) is 4.79 Å². The fourth-order valence-corrected chi connectivity index (χ4v) is 4.45. The maximum absolute atomic E-state index is 12.7. The topological polar surface area (TPSA) is 67.9 Å². The lowest BCUT2D eigenvalue weighted by Gasteiger charge is -2.35. The third kappa shape index (κ3) is 4.43. The number of carbonyl (C=O) groups is 1. The van der Waals surface area contributed by atoms with Crippen molar-refractivity contribution in [2.45, 2.75) is 13.0 Å². The van der Waals surface area contributed by atoms with Crippen molar-refractivity contribution < 1.29 is 9.53 Å². The first-order valence-corrected chi connectivity index (χ1v) is 11.8. The van der Waals surface area contributed by atoms with Gasteiger partial charge in [0.1, 0.15) is 6.10 Å². The van der Waals surface area contributed by atoms with E-state index in [1.165, 1.54) is 0 Å². The van der Waals surface area contributed by atoms with Crippen molar-refractivity contribution in [3.63, 3.8) is 0 Å². The number of nitrogens with zero attached hydrogens (tertiary/aromatic N) is 6. The van der Waals surface area contributed by atoms with Crippen molar-refractivity contribution in [1.82, 2.24) is 24.3 Å². The average molecular weight is 499 g/mol. The highest BCUT2D eigenvalue weighted by Crippen LogP contribution is 2.29. The average Bonchev–Trinajstić information content (AvgIpc) is 3.46. The predicted octanol–water partition coefficient (Wildman–Crippen LogP) is 5.06. The van der Waals surface area contributed by atoms with Crippen molar-refractivity contribution >= 4 is 40.5 Å². The monoisotopic (exact) mass is 498 g/mol. The van der Waals surface area contributed by atoms with Crippen LogP contribution in [0.5, 0.6) is 0 Å². The maximum Gasteiger partial charge on any atom is 0.410 e. The first-order valence-electron chi connectivity index (χ1n) is 11.0. The van der Waals surface area contributed by atoms with Gasteiger partial charge in [-0.3, -0.25) is 4.68 Å². The SMILES string of the molecule is C[C@@H](OC(=O)N1CCN(c2cnn3cc(-c4cnn(C)c4)ccc23)CC1)c1ccc(Cl)c(Cl)c1. The van der Waals surface area contributed by atoms with Gasteiger partial charge in [0.15, 0.2) is 0 Å². The van der Waals surface area contributed by atoms with Gasteiger partial charge in [0, 0.05) is 56.7 Å². The predicted molar refractivity (Wildman–Crippen MR) is 133 cm³/mol. The molecular formula is C24H24Cl2N6O2. The van der Waals surface area contributed by atoms with Gasteiger partial charge >= 0.3 is 6.09 Å². The number of hydrogen-bond acceptors (Lipinski definition) is 5. The van der Waals surface area contributed by atoms with E-state index in [2.05, 4.69) is 27.2 Å². The number of anilines is 1. The first kappa shape index (κ1) is 22.6. The van der Waals surface area contributed by atoms with Crippen molar-refractivity contribution in [3.05, 3.63) is 70.7 Å². The molecule has 176 valence electrons. The largest absolute Gasteiger partial charge is 0.442 e. The number of pyridine rings is 1. The van der Waals surface area contributed by atoms with Crippen LogP contribution >= 0.6 is 23.2 Å². The lowest BCUT2D eigenvalue weighted by molar-refractivity contribution is 0.0681. The number of amides is 1. The Morgan fingerprint density at radius 1 is 0.971 bits per heavy atom. The standard InChI is InChI=1S/C24H24Cl2N6O2/c1-16(17-3-5-20(25)21(26)11-17)34-24(33)31-9-7-30(8-10-31)23-13-28-32-15-18(4-6-22(23)32)19-12-27-29(2)14-19/h3-6,11-16H,7-10H2,1-2H3/t16-/m1/s1. The van der Waals surface area contributed by atoms with Gasteiger partial charge in [-0.15, -0.1) is 0 Å². The maximum atomic E-state index is 12.7. The van der Waals surface area contributed by atoms with E-state index in [1.807, 2.05) is 49.3 Å². The van der Waals surface area contributed by atoms with Crippen molar-refractivity contribution in [1.29, 1.82) is 0 Å². The van der Waals surface area contributed by atoms with Crippen LogP contribution in [0.15, 0.2) is 55.1 Å². The molecule has 0 N–H and O–H groups in total. The van der Waals surface area contributed by atoms with Gasteiger partial charge in [0.05, 0.1) is 33.6 Å². The third-order valence-corrected chi connectivity index (χ3v) is 6.84. The molecule has 1 atom stereocenters. The first-order chi connectivity index (χ1) is 16.4. The van der Waals surface area contributed by atoms with E-state index < -0.39 is 6.10 Å². The molecule has 1 saturated heterocycles. The summed E-state index contributed by atoms with van der Waals surface area (Å²) in [6, 6.07) is 9.40. The molecule has 4 heterocycles. The van der Waals surface area contributed by atoms with Gasteiger partial charge in [-0.05, 0) is 30.7 Å². The minimum atomic E-state index is -0.422. The van der Waals surface area contributed by atoms with E-state index in [1.54, 1.807) is 21.7 Å². The number of aromatic nitrogens is 4. The Morgan fingerprint density at radius 3 is 2.47 bits per heavy atom. The molecular weight excluding hydrogens is 475 g/mol. The summed E-state index contributed by atoms with van der Waals surface area (Å²) in [5.41, 5.74) is 4.98. The summed E-state index contributed by atoms with van der Waals surface area (Å²) in [4.78, 5) is 16.7. The Morgan fingerprint density at radius 2 is 1.76 bits per heavy atom. The highest BCUT2D eigenvalue weighted by atomic mass is 35.5. The number of aryl methyl sites for hydroxylation is 1. The molecule has 8 nitrogen and oxygen atoms in total. The zero-order chi connectivity index (χ0) is 23.8. The molecule has 3 aromatic heterocycles. The third-order valence-electron chi connectivity index (χ3n) is 6.10. The minimum Gasteiger partial charge on any atom is -0.442 e. The number of ether oxygens (including phenoxy) is 1. The van der Waals surface area contributed by atoms with E-state index in [-0.39, 0.29) is 6.09 Å². The normalized spacial score (nSPS) is 15.1. The number of rotatable bonds is 4. The summed E-state index contributed by atoms with van der Waals surface area (Å²) < 4.78 is 9.34. The van der Waals surface area contributed by atoms with Crippen LogP contribution < -0.4 is 4.90 Å². The minimum absolute atomic E-state index is 0.334. The molecule has 34 heavy (non-hydrogen) atoms. The van der Waals surface area contributed by atoms with Crippen LogP contribution in [0.2, 0.25) is 10.0 Å². The van der Waals surface area contributed by atoms with E-state index in [0.717, 1.165) is 27.9 Å². The number of piperazine rings is 1. The van der Waals surface area contributed by atoms with Crippen LogP contribution in [0.1, 0.15) is 18.6 Å². The molecule has 0 radical (unpaired) electrons. The molecule has 0 bridgehead atoms. The summed E-state index contributed by atoms with van der Waals surface area (Å²) >= 11 is 12.1. The summed E-state index contributed by atoms with van der Waals surface area (Å²) in [5, 5.41) is 9.70. The molecule has 5 rings (SSSR count). The van der Waals surface area contributed by atoms with Crippen molar-refractivity contribution in [2.75, 3.05) is 31.1 Å². The molecule has 0 saturated carbocycles.